The Kier molecular flexibility index (Phi) is 8.06. The normalized spacial score (nSPS) is 15.1. The Labute approximate surface area is 136 Å². The molecule has 0 radical (unpaired) electrons. The van der Waals surface area contributed by atoms with Crippen LogP contribution in [-0.4, -0.2) is 21.5 Å². The molecule has 20 heavy (non-hydrogen) atoms. The second kappa shape index (κ2) is 8.20. The highest BCUT2D eigenvalue weighted by atomic mass is 127. The molecule has 1 N–H and O–H groups in total. The zero-order valence-electron chi connectivity index (χ0n) is 13.6. The van der Waals surface area contributed by atoms with E-state index < -0.39 is 15.6 Å². The highest BCUT2D eigenvalue weighted by Gasteiger charge is 2.28. The smallest absolute Gasteiger partial charge is 0.329 e. The van der Waals surface area contributed by atoms with E-state index in [-0.39, 0.29) is 17.7 Å². The molecule has 0 fully saturated rings. The first-order chi connectivity index (χ1) is 8.94. The summed E-state index contributed by atoms with van der Waals surface area (Å²) in [5.74, 6) is 0.164. The molecule has 118 valence electrons. The van der Waals surface area contributed by atoms with Gasteiger partial charge >= 0.3 is 5.97 Å². The van der Waals surface area contributed by atoms with Crippen LogP contribution in [-0.2, 0) is 14.3 Å². The third kappa shape index (κ3) is 8.07. The summed E-state index contributed by atoms with van der Waals surface area (Å²) in [6.07, 6.45) is 0.822. The van der Waals surface area contributed by atoms with E-state index in [0.717, 1.165) is 6.42 Å². The van der Waals surface area contributed by atoms with E-state index in [0.29, 0.717) is 5.92 Å². The van der Waals surface area contributed by atoms with E-state index in [4.69, 9.17) is 4.74 Å². The lowest BCUT2D eigenvalue weighted by Crippen LogP contribution is -2.45. The van der Waals surface area contributed by atoms with Crippen molar-refractivity contribution >= 4 is 34.5 Å². The van der Waals surface area contributed by atoms with Crippen LogP contribution in [0, 0.1) is 17.8 Å². The van der Waals surface area contributed by atoms with Crippen LogP contribution in [0.3, 0.4) is 0 Å². The molecule has 0 heterocycles. The number of nitrogens with one attached hydrogen (secondary N) is 1. The SMILES string of the molecule is CC(C)CC(C(=O)N[C@@H](C)C(=O)OC(C)(C)I)C(C)C. The Morgan fingerprint density at radius 3 is 2.00 bits per heavy atom. The number of rotatable bonds is 7. The van der Waals surface area contributed by atoms with E-state index >= 15 is 0 Å². The molecule has 0 aromatic carbocycles. The highest BCUT2D eigenvalue weighted by Crippen LogP contribution is 2.21. The van der Waals surface area contributed by atoms with Crippen LogP contribution in [0.5, 0.6) is 0 Å². The molecule has 1 unspecified atom stereocenters. The van der Waals surface area contributed by atoms with Gasteiger partial charge in [-0.25, -0.2) is 4.79 Å². The second-order valence-corrected chi connectivity index (χ2v) is 9.09. The average molecular weight is 397 g/mol. The number of carbonyl (C=O) groups is 2. The molecular formula is C15H28INO3. The van der Waals surface area contributed by atoms with Crippen LogP contribution in [0.4, 0.5) is 0 Å². The van der Waals surface area contributed by atoms with Gasteiger partial charge in [-0.2, -0.15) is 0 Å². The minimum Gasteiger partial charge on any atom is -0.447 e. The third-order valence-corrected chi connectivity index (χ3v) is 3.14. The van der Waals surface area contributed by atoms with Gasteiger partial charge in [0.25, 0.3) is 0 Å². The van der Waals surface area contributed by atoms with Crippen molar-refractivity contribution in [2.45, 2.75) is 64.5 Å². The van der Waals surface area contributed by atoms with Crippen molar-refractivity contribution in [2.75, 3.05) is 0 Å². The zero-order valence-corrected chi connectivity index (χ0v) is 15.8. The summed E-state index contributed by atoms with van der Waals surface area (Å²) in [6.45, 7) is 13.5. The number of hydrogen-bond donors (Lipinski definition) is 1. The maximum absolute atomic E-state index is 12.3. The fraction of sp³-hybridized carbons (Fsp3) is 0.867. The lowest BCUT2D eigenvalue weighted by atomic mass is 9.87. The number of halogens is 1. The van der Waals surface area contributed by atoms with Gasteiger partial charge in [0.15, 0.2) is 3.61 Å². The van der Waals surface area contributed by atoms with E-state index in [1.807, 2.05) is 36.4 Å². The van der Waals surface area contributed by atoms with Gasteiger partial charge in [0, 0.05) is 5.92 Å². The molecule has 0 aromatic heterocycles. The van der Waals surface area contributed by atoms with Crippen LogP contribution >= 0.6 is 22.6 Å². The Morgan fingerprint density at radius 2 is 1.65 bits per heavy atom. The Morgan fingerprint density at radius 1 is 1.15 bits per heavy atom. The van der Waals surface area contributed by atoms with E-state index in [1.165, 1.54) is 0 Å². The molecular weight excluding hydrogens is 369 g/mol. The third-order valence-electron chi connectivity index (χ3n) is 2.92. The van der Waals surface area contributed by atoms with E-state index in [9.17, 15) is 9.59 Å². The molecule has 2 atom stereocenters. The molecule has 0 bridgehead atoms. The number of alkyl halides is 1. The average Bonchev–Trinajstić information content (AvgIpc) is 2.22. The summed E-state index contributed by atoms with van der Waals surface area (Å²) in [5, 5.41) is 2.77. The molecule has 0 aliphatic rings. The Bertz CT molecular complexity index is 335. The van der Waals surface area contributed by atoms with E-state index in [1.54, 1.807) is 20.8 Å². The minimum absolute atomic E-state index is 0.0654. The molecule has 0 saturated carbocycles. The minimum atomic E-state index is -0.620. The summed E-state index contributed by atoms with van der Waals surface area (Å²) < 4.78 is 4.69. The Balaban J connectivity index is 4.59. The van der Waals surface area contributed by atoms with Gasteiger partial charge in [-0.3, -0.25) is 4.79 Å². The van der Waals surface area contributed by atoms with Crippen LogP contribution in [0.15, 0.2) is 0 Å². The van der Waals surface area contributed by atoms with Crippen molar-refractivity contribution in [1.29, 1.82) is 0 Å². The van der Waals surface area contributed by atoms with Gasteiger partial charge in [0.05, 0.1) is 0 Å². The van der Waals surface area contributed by atoms with E-state index in [2.05, 4.69) is 19.2 Å². The first-order valence-electron chi connectivity index (χ1n) is 7.16. The predicted octanol–water partition coefficient (Wildman–Crippen LogP) is 3.52. The van der Waals surface area contributed by atoms with Gasteiger partial charge < -0.3 is 10.1 Å². The fourth-order valence-corrected chi connectivity index (χ4v) is 2.11. The maximum atomic E-state index is 12.3. The summed E-state index contributed by atoms with van der Waals surface area (Å²) in [5.41, 5.74) is 0. The standard InChI is InChI=1S/C15H28INO3/c1-9(2)8-12(10(3)4)13(18)17-11(5)14(19)20-15(6,7)16/h9-12H,8H2,1-7H3,(H,17,18)/t11-,12?/m0/s1. The largest absolute Gasteiger partial charge is 0.447 e. The second-order valence-electron chi connectivity index (χ2n) is 6.49. The van der Waals surface area contributed by atoms with Crippen molar-refractivity contribution in [1.82, 2.24) is 5.32 Å². The molecule has 0 spiro atoms. The lowest BCUT2D eigenvalue weighted by Gasteiger charge is -2.25. The van der Waals surface area contributed by atoms with Gasteiger partial charge in [-0.15, -0.1) is 0 Å². The van der Waals surface area contributed by atoms with Crippen LogP contribution < -0.4 is 5.32 Å². The van der Waals surface area contributed by atoms with Gasteiger partial charge in [0.2, 0.25) is 5.91 Å². The predicted molar refractivity (Wildman–Crippen MR) is 89.6 cm³/mol. The number of hydrogen-bond acceptors (Lipinski definition) is 3. The van der Waals surface area contributed by atoms with Crippen molar-refractivity contribution in [3.63, 3.8) is 0 Å². The first-order valence-corrected chi connectivity index (χ1v) is 8.24. The number of esters is 1. The quantitative estimate of drug-likeness (QED) is 0.406. The lowest BCUT2D eigenvalue weighted by molar-refractivity contribution is -0.152. The topological polar surface area (TPSA) is 55.4 Å². The molecule has 0 aliphatic heterocycles. The van der Waals surface area contributed by atoms with Crippen molar-refractivity contribution in [2.24, 2.45) is 17.8 Å². The monoisotopic (exact) mass is 397 g/mol. The van der Waals surface area contributed by atoms with Crippen molar-refractivity contribution in [3.8, 4) is 0 Å². The molecule has 4 nitrogen and oxygen atoms in total. The van der Waals surface area contributed by atoms with Crippen molar-refractivity contribution in [3.05, 3.63) is 0 Å². The zero-order chi connectivity index (χ0) is 16.1. The molecule has 0 aromatic rings. The molecule has 1 amide bonds. The molecule has 0 aliphatic carbocycles. The van der Waals surface area contributed by atoms with Crippen LogP contribution in [0.1, 0.15) is 54.9 Å². The maximum Gasteiger partial charge on any atom is 0.329 e. The Hall–Kier alpha value is -0.330. The summed E-state index contributed by atoms with van der Waals surface area (Å²) in [4.78, 5) is 24.1. The summed E-state index contributed by atoms with van der Waals surface area (Å²) >= 11 is 2.04. The van der Waals surface area contributed by atoms with Crippen LogP contribution in [0.25, 0.3) is 0 Å². The number of carbonyl (C=O) groups excluding carboxylic acids is 2. The molecule has 0 rings (SSSR count). The van der Waals surface area contributed by atoms with Gasteiger partial charge in [-0.1, -0.05) is 27.7 Å². The highest BCUT2D eigenvalue weighted by molar-refractivity contribution is 14.1. The number of amides is 1. The fourth-order valence-electron chi connectivity index (χ4n) is 1.90. The molecule has 0 saturated heterocycles. The first kappa shape index (κ1) is 19.7. The summed E-state index contributed by atoms with van der Waals surface area (Å²) in [6, 6.07) is -0.620. The number of ether oxygens (including phenoxy) is 1. The van der Waals surface area contributed by atoms with Gasteiger partial charge in [-0.05, 0) is 61.6 Å². The van der Waals surface area contributed by atoms with Crippen LogP contribution in [0.2, 0.25) is 0 Å². The summed E-state index contributed by atoms with van der Waals surface area (Å²) in [7, 11) is 0. The van der Waals surface area contributed by atoms with Gasteiger partial charge in [0.1, 0.15) is 6.04 Å². The molecule has 5 heteroatoms. The van der Waals surface area contributed by atoms with Crippen molar-refractivity contribution < 1.29 is 14.3 Å².